The van der Waals surface area contributed by atoms with Crippen LogP contribution in [0.2, 0.25) is 0 Å². The molecule has 0 amide bonds. The SMILES string of the molecule is O=C(O)c1ccccc1N1CC(CF)C1. The third kappa shape index (κ3) is 1.79. The minimum absolute atomic E-state index is 0.0619. The van der Waals surface area contributed by atoms with E-state index in [4.69, 9.17) is 5.11 Å². The lowest BCUT2D eigenvalue weighted by Gasteiger charge is -2.40. The van der Waals surface area contributed by atoms with Crippen molar-refractivity contribution in [2.75, 3.05) is 24.7 Å². The summed E-state index contributed by atoms with van der Waals surface area (Å²) >= 11 is 0. The van der Waals surface area contributed by atoms with Crippen molar-refractivity contribution >= 4 is 11.7 Å². The van der Waals surface area contributed by atoms with E-state index in [1.54, 1.807) is 24.3 Å². The highest BCUT2D eigenvalue weighted by Gasteiger charge is 2.28. The molecule has 0 bridgehead atoms. The molecule has 15 heavy (non-hydrogen) atoms. The monoisotopic (exact) mass is 209 g/mol. The molecule has 80 valence electrons. The van der Waals surface area contributed by atoms with Crippen molar-refractivity contribution in [1.29, 1.82) is 0 Å². The lowest BCUT2D eigenvalue weighted by molar-refractivity contribution is 0.0697. The number of aromatic carboxylic acids is 1. The van der Waals surface area contributed by atoms with Crippen molar-refractivity contribution in [3.8, 4) is 0 Å². The lowest BCUT2D eigenvalue weighted by atomic mass is 9.99. The molecule has 0 saturated carbocycles. The molecule has 1 aliphatic heterocycles. The van der Waals surface area contributed by atoms with Gasteiger partial charge in [0.05, 0.1) is 17.9 Å². The summed E-state index contributed by atoms with van der Waals surface area (Å²) in [5.74, 6) is -0.874. The van der Waals surface area contributed by atoms with Crippen molar-refractivity contribution in [3.63, 3.8) is 0 Å². The van der Waals surface area contributed by atoms with Crippen LogP contribution in [-0.2, 0) is 0 Å². The molecule has 2 rings (SSSR count). The van der Waals surface area contributed by atoms with Gasteiger partial charge in [-0.15, -0.1) is 0 Å². The van der Waals surface area contributed by atoms with Crippen molar-refractivity contribution in [3.05, 3.63) is 29.8 Å². The second-order valence-corrected chi connectivity index (χ2v) is 3.75. The van der Waals surface area contributed by atoms with Gasteiger partial charge in [0.2, 0.25) is 0 Å². The maximum absolute atomic E-state index is 12.2. The van der Waals surface area contributed by atoms with Gasteiger partial charge in [-0.05, 0) is 12.1 Å². The van der Waals surface area contributed by atoms with Crippen molar-refractivity contribution < 1.29 is 14.3 Å². The molecule has 0 unspecified atom stereocenters. The Labute approximate surface area is 87.1 Å². The first-order valence-corrected chi connectivity index (χ1v) is 4.85. The molecule has 1 aliphatic rings. The number of benzene rings is 1. The number of rotatable bonds is 3. The minimum Gasteiger partial charge on any atom is -0.478 e. The van der Waals surface area contributed by atoms with Crippen LogP contribution in [0.3, 0.4) is 0 Å². The number of anilines is 1. The number of nitrogens with zero attached hydrogens (tertiary/aromatic N) is 1. The molecule has 0 radical (unpaired) electrons. The zero-order valence-electron chi connectivity index (χ0n) is 8.19. The number of hydrogen-bond donors (Lipinski definition) is 1. The molecule has 1 aromatic carbocycles. The normalized spacial score (nSPS) is 16.2. The Morgan fingerprint density at radius 2 is 2.13 bits per heavy atom. The van der Waals surface area contributed by atoms with Crippen molar-refractivity contribution in [1.82, 2.24) is 0 Å². The molecule has 1 saturated heterocycles. The fraction of sp³-hybridized carbons (Fsp3) is 0.364. The summed E-state index contributed by atoms with van der Waals surface area (Å²) in [5, 5.41) is 8.96. The predicted molar refractivity (Wildman–Crippen MR) is 55.1 cm³/mol. The van der Waals surface area contributed by atoms with Gasteiger partial charge in [0.15, 0.2) is 0 Å². The largest absolute Gasteiger partial charge is 0.478 e. The van der Waals surface area contributed by atoms with E-state index in [9.17, 15) is 9.18 Å². The average molecular weight is 209 g/mol. The summed E-state index contributed by atoms with van der Waals surface area (Å²) in [6.07, 6.45) is 0. The second kappa shape index (κ2) is 3.88. The van der Waals surface area contributed by atoms with Crippen molar-refractivity contribution in [2.24, 2.45) is 5.92 Å². The molecule has 0 spiro atoms. The summed E-state index contributed by atoms with van der Waals surface area (Å²) in [5.41, 5.74) is 0.976. The number of alkyl halides is 1. The maximum atomic E-state index is 12.2. The molecular formula is C11H12FNO2. The van der Waals surface area contributed by atoms with Gasteiger partial charge in [-0.1, -0.05) is 12.1 Å². The molecule has 0 atom stereocenters. The fourth-order valence-corrected chi connectivity index (χ4v) is 1.79. The highest BCUT2D eigenvalue weighted by Crippen LogP contribution is 2.28. The van der Waals surface area contributed by atoms with Gasteiger partial charge in [0.25, 0.3) is 0 Å². The summed E-state index contributed by atoms with van der Waals surface area (Å²) in [6.45, 7) is 0.896. The van der Waals surface area contributed by atoms with Crippen molar-refractivity contribution in [2.45, 2.75) is 0 Å². The third-order valence-electron chi connectivity index (χ3n) is 2.65. The Balaban J connectivity index is 2.18. The van der Waals surface area contributed by atoms with E-state index in [0.29, 0.717) is 18.8 Å². The van der Waals surface area contributed by atoms with Crippen LogP contribution in [0.5, 0.6) is 0 Å². The van der Waals surface area contributed by atoms with E-state index in [1.165, 1.54) is 0 Å². The van der Waals surface area contributed by atoms with Gasteiger partial charge in [0, 0.05) is 19.0 Å². The molecule has 3 nitrogen and oxygen atoms in total. The summed E-state index contributed by atoms with van der Waals surface area (Å²) in [7, 11) is 0. The van der Waals surface area contributed by atoms with Gasteiger partial charge >= 0.3 is 5.97 Å². The van der Waals surface area contributed by atoms with E-state index in [-0.39, 0.29) is 18.2 Å². The van der Waals surface area contributed by atoms with E-state index in [0.717, 1.165) is 0 Å². The maximum Gasteiger partial charge on any atom is 0.337 e. The number of hydrogen-bond acceptors (Lipinski definition) is 2. The van der Waals surface area contributed by atoms with E-state index >= 15 is 0 Å². The zero-order valence-corrected chi connectivity index (χ0v) is 8.19. The average Bonchev–Trinajstić information content (AvgIpc) is 2.16. The van der Waals surface area contributed by atoms with Gasteiger partial charge < -0.3 is 10.0 Å². The van der Waals surface area contributed by atoms with Crippen LogP contribution in [0.4, 0.5) is 10.1 Å². The van der Waals surface area contributed by atoms with E-state index in [1.807, 2.05) is 4.90 Å². The highest BCUT2D eigenvalue weighted by molar-refractivity contribution is 5.94. The Hall–Kier alpha value is -1.58. The van der Waals surface area contributed by atoms with Gasteiger partial charge in [-0.3, -0.25) is 4.39 Å². The summed E-state index contributed by atoms with van der Waals surface area (Å²) in [6, 6.07) is 6.82. The molecule has 1 N–H and O–H groups in total. The van der Waals surface area contributed by atoms with Gasteiger partial charge in [-0.25, -0.2) is 4.79 Å². The first kappa shape index (κ1) is 9.96. The topological polar surface area (TPSA) is 40.5 Å². The van der Waals surface area contributed by atoms with Crippen LogP contribution in [0.1, 0.15) is 10.4 Å². The number of carboxylic acids is 1. The Bertz CT molecular complexity index is 375. The van der Waals surface area contributed by atoms with Crippen LogP contribution >= 0.6 is 0 Å². The molecule has 0 aliphatic carbocycles. The number of carboxylic acid groups (broad SMARTS) is 1. The summed E-state index contributed by atoms with van der Waals surface area (Å²) in [4.78, 5) is 12.8. The Morgan fingerprint density at radius 3 is 2.73 bits per heavy atom. The first-order valence-electron chi connectivity index (χ1n) is 4.85. The van der Waals surface area contributed by atoms with Gasteiger partial charge in [0.1, 0.15) is 0 Å². The Morgan fingerprint density at radius 1 is 1.47 bits per heavy atom. The molecule has 1 fully saturated rings. The molecule has 1 aromatic rings. The van der Waals surface area contributed by atoms with Crippen LogP contribution in [0, 0.1) is 5.92 Å². The smallest absolute Gasteiger partial charge is 0.337 e. The summed E-state index contributed by atoms with van der Waals surface area (Å²) < 4.78 is 12.2. The minimum atomic E-state index is -0.936. The highest BCUT2D eigenvalue weighted by atomic mass is 19.1. The standard InChI is InChI=1S/C11H12FNO2/c12-5-8-6-13(7-8)10-4-2-1-3-9(10)11(14)15/h1-4,8H,5-7H2,(H,14,15). The zero-order chi connectivity index (χ0) is 10.8. The predicted octanol–water partition coefficient (Wildman–Crippen LogP) is 1.79. The molecule has 1 heterocycles. The van der Waals surface area contributed by atoms with Gasteiger partial charge in [-0.2, -0.15) is 0 Å². The fourth-order valence-electron chi connectivity index (χ4n) is 1.79. The van der Waals surface area contributed by atoms with E-state index in [2.05, 4.69) is 0 Å². The van der Waals surface area contributed by atoms with Crippen LogP contribution in [-0.4, -0.2) is 30.8 Å². The number of carbonyl (C=O) groups is 1. The number of halogens is 1. The van der Waals surface area contributed by atoms with E-state index < -0.39 is 5.97 Å². The Kier molecular flexibility index (Phi) is 2.58. The molecular weight excluding hydrogens is 197 g/mol. The first-order chi connectivity index (χ1) is 7.22. The molecule has 0 aromatic heterocycles. The quantitative estimate of drug-likeness (QED) is 0.825. The molecule has 4 heteroatoms. The lowest BCUT2D eigenvalue weighted by Crippen LogP contribution is -2.48. The van der Waals surface area contributed by atoms with Crippen LogP contribution in [0.15, 0.2) is 24.3 Å². The second-order valence-electron chi connectivity index (χ2n) is 3.75. The number of para-hydroxylation sites is 1. The third-order valence-corrected chi connectivity index (χ3v) is 2.65. The van der Waals surface area contributed by atoms with Crippen LogP contribution in [0.25, 0.3) is 0 Å². The van der Waals surface area contributed by atoms with Crippen LogP contribution < -0.4 is 4.90 Å².